The van der Waals surface area contributed by atoms with Crippen molar-refractivity contribution in [3.05, 3.63) is 70.9 Å². The fourth-order valence-corrected chi connectivity index (χ4v) is 3.76. The van der Waals surface area contributed by atoms with Crippen LogP contribution in [0, 0.1) is 6.92 Å². The van der Waals surface area contributed by atoms with Gasteiger partial charge in [0.25, 0.3) is 10.0 Å². The lowest BCUT2D eigenvalue weighted by molar-refractivity contribution is 0.0526. The molecule has 9 heteroatoms. The van der Waals surface area contributed by atoms with E-state index < -0.39 is 16.0 Å². The van der Waals surface area contributed by atoms with E-state index in [2.05, 4.69) is 9.82 Å². The topological polar surface area (TPSA) is 90.3 Å². The third-order valence-electron chi connectivity index (χ3n) is 3.80. The molecule has 0 aliphatic rings. The Balaban J connectivity index is 1.95. The second-order valence-electron chi connectivity index (χ2n) is 5.91. The molecule has 28 heavy (non-hydrogen) atoms. The number of hydrogen-bond acceptors (Lipinski definition) is 5. The van der Waals surface area contributed by atoms with Gasteiger partial charge >= 0.3 is 5.97 Å². The Kier molecular flexibility index (Phi) is 5.71. The lowest BCUT2D eigenvalue weighted by Crippen LogP contribution is -2.16. The number of nitrogens with one attached hydrogen (secondary N) is 1. The molecule has 146 valence electrons. The van der Waals surface area contributed by atoms with Gasteiger partial charge in [0.1, 0.15) is 5.82 Å². The molecular weight excluding hydrogens is 402 g/mol. The molecule has 0 amide bonds. The fourth-order valence-electron chi connectivity index (χ4n) is 2.55. The summed E-state index contributed by atoms with van der Waals surface area (Å²) >= 11 is 5.91. The lowest BCUT2D eigenvalue weighted by Gasteiger charge is -2.11. The highest BCUT2D eigenvalue weighted by Gasteiger charge is 2.20. The molecule has 0 aliphatic carbocycles. The van der Waals surface area contributed by atoms with Crippen molar-refractivity contribution < 1.29 is 17.9 Å². The first-order chi connectivity index (χ1) is 13.3. The van der Waals surface area contributed by atoms with Gasteiger partial charge in [0.15, 0.2) is 0 Å². The molecule has 3 aromatic rings. The number of esters is 1. The number of aromatic nitrogens is 2. The average Bonchev–Trinajstić information content (AvgIpc) is 3.02. The van der Waals surface area contributed by atoms with Crippen LogP contribution in [0.1, 0.15) is 23.0 Å². The number of ether oxygens (including phenoxy) is 1. The molecule has 2 aromatic carbocycles. The average molecular weight is 420 g/mol. The number of halogens is 1. The normalized spacial score (nSPS) is 11.2. The largest absolute Gasteiger partial charge is 0.462 e. The van der Waals surface area contributed by atoms with E-state index in [0.717, 1.165) is 0 Å². The standard InChI is InChI=1S/C19H18ClN3O4S/c1-3-27-19(24)14-5-4-6-17(12-14)28(25,26)22-18-11-13(2)21-23(18)16-9-7-15(20)8-10-16/h4-12,22H,3H2,1-2H3. The number of rotatable bonds is 6. The number of anilines is 1. The van der Waals surface area contributed by atoms with Gasteiger partial charge in [-0.2, -0.15) is 5.10 Å². The van der Waals surface area contributed by atoms with Crippen LogP contribution < -0.4 is 4.72 Å². The second kappa shape index (κ2) is 8.04. The van der Waals surface area contributed by atoms with E-state index in [9.17, 15) is 13.2 Å². The Bertz CT molecular complexity index is 1110. The summed E-state index contributed by atoms with van der Waals surface area (Å²) in [6.07, 6.45) is 0. The minimum Gasteiger partial charge on any atom is -0.462 e. The zero-order valence-corrected chi connectivity index (χ0v) is 16.8. The molecule has 0 aliphatic heterocycles. The molecule has 0 fully saturated rings. The highest BCUT2D eigenvalue weighted by molar-refractivity contribution is 7.92. The molecule has 0 atom stereocenters. The Labute approximate surface area is 168 Å². The zero-order valence-electron chi connectivity index (χ0n) is 15.2. The van der Waals surface area contributed by atoms with Gasteiger partial charge in [0, 0.05) is 11.1 Å². The summed E-state index contributed by atoms with van der Waals surface area (Å²) in [6.45, 7) is 3.64. The van der Waals surface area contributed by atoms with Crippen molar-refractivity contribution in [2.75, 3.05) is 11.3 Å². The van der Waals surface area contributed by atoms with Crippen molar-refractivity contribution in [2.24, 2.45) is 0 Å². The van der Waals surface area contributed by atoms with Gasteiger partial charge in [-0.05, 0) is 56.3 Å². The summed E-state index contributed by atoms with van der Waals surface area (Å²) in [6, 6.07) is 14.1. The van der Waals surface area contributed by atoms with Gasteiger partial charge in [0.2, 0.25) is 0 Å². The number of aryl methyl sites for hydroxylation is 1. The molecule has 0 spiro atoms. The first kappa shape index (κ1) is 19.9. The molecule has 1 aromatic heterocycles. The van der Waals surface area contributed by atoms with Crippen LogP contribution in [-0.2, 0) is 14.8 Å². The predicted molar refractivity (Wildman–Crippen MR) is 107 cm³/mol. The number of benzene rings is 2. The van der Waals surface area contributed by atoms with Crippen LogP contribution in [0.25, 0.3) is 5.69 Å². The quantitative estimate of drug-likeness (QED) is 0.613. The van der Waals surface area contributed by atoms with E-state index in [4.69, 9.17) is 16.3 Å². The van der Waals surface area contributed by atoms with Crippen LogP contribution in [0.5, 0.6) is 0 Å². The van der Waals surface area contributed by atoms with E-state index in [0.29, 0.717) is 16.4 Å². The van der Waals surface area contributed by atoms with E-state index >= 15 is 0 Å². The first-order valence-corrected chi connectivity index (χ1v) is 10.3. The van der Waals surface area contributed by atoms with Crippen LogP contribution in [0.3, 0.4) is 0 Å². The summed E-state index contributed by atoms with van der Waals surface area (Å²) in [5.41, 5.74) is 1.44. The molecule has 0 bridgehead atoms. The molecule has 3 rings (SSSR count). The van der Waals surface area contributed by atoms with Crippen molar-refractivity contribution in [1.82, 2.24) is 9.78 Å². The van der Waals surface area contributed by atoms with E-state index in [1.165, 1.54) is 28.9 Å². The van der Waals surface area contributed by atoms with Gasteiger partial charge in [-0.1, -0.05) is 17.7 Å². The minimum absolute atomic E-state index is 0.0560. The van der Waals surface area contributed by atoms with Gasteiger partial charge in [-0.3, -0.25) is 4.72 Å². The van der Waals surface area contributed by atoms with E-state index in [1.54, 1.807) is 44.2 Å². The van der Waals surface area contributed by atoms with Crippen LogP contribution >= 0.6 is 11.6 Å². The number of sulfonamides is 1. The Morgan fingerprint density at radius 2 is 1.89 bits per heavy atom. The Hall–Kier alpha value is -2.84. The first-order valence-electron chi connectivity index (χ1n) is 8.43. The van der Waals surface area contributed by atoms with Crippen molar-refractivity contribution in [3.8, 4) is 5.69 Å². The Morgan fingerprint density at radius 1 is 1.18 bits per heavy atom. The van der Waals surface area contributed by atoms with Crippen LogP contribution in [0.2, 0.25) is 5.02 Å². The maximum atomic E-state index is 12.9. The van der Waals surface area contributed by atoms with Crippen LogP contribution in [0.15, 0.2) is 59.5 Å². The molecule has 0 saturated heterocycles. The minimum atomic E-state index is -3.95. The number of carbonyl (C=O) groups is 1. The summed E-state index contributed by atoms with van der Waals surface area (Å²) in [5, 5.41) is 4.89. The van der Waals surface area contributed by atoms with Gasteiger partial charge in [-0.15, -0.1) is 0 Å². The maximum Gasteiger partial charge on any atom is 0.338 e. The fraction of sp³-hybridized carbons (Fsp3) is 0.158. The third kappa shape index (κ3) is 4.35. The second-order valence-corrected chi connectivity index (χ2v) is 8.03. The van der Waals surface area contributed by atoms with Gasteiger partial charge in [-0.25, -0.2) is 17.9 Å². The SMILES string of the molecule is CCOC(=O)c1cccc(S(=O)(=O)Nc2cc(C)nn2-c2ccc(Cl)cc2)c1. The number of nitrogens with zero attached hydrogens (tertiary/aromatic N) is 2. The monoisotopic (exact) mass is 419 g/mol. The third-order valence-corrected chi connectivity index (χ3v) is 5.40. The Morgan fingerprint density at radius 3 is 2.57 bits per heavy atom. The van der Waals surface area contributed by atoms with Crippen LogP contribution in [-0.4, -0.2) is 30.8 Å². The number of carbonyl (C=O) groups excluding carboxylic acids is 1. The highest BCUT2D eigenvalue weighted by Crippen LogP contribution is 2.22. The maximum absolute atomic E-state index is 12.9. The smallest absolute Gasteiger partial charge is 0.338 e. The molecule has 1 N–H and O–H groups in total. The molecular formula is C19H18ClN3O4S. The van der Waals surface area contributed by atoms with Gasteiger partial charge in [0.05, 0.1) is 28.4 Å². The van der Waals surface area contributed by atoms with Crippen molar-refractivity contribution in [3.63, 3.8) is 0 Å². The lowest BCUT2D eigenvalue weighted by atomic mass is 10.2. The zero-order chi connectivity index (χ0) is 20.3. The summed E-state index contributed by atoms with van der Waals surface area (Å²) in [7, 11) is -3.95. The molecule has 0 saturated carbocycles. The predicted octanol–water partition coefficient (Wildman–Crippen LogP) is 3.81. The van der Waals surface area contributed by atoms with Crippen molar-refractivity contribution in [1.29, 1.82) is 0 Å². The molecule has 1 heterocycles. The molecule has 0 radical (unpaired) electrons. The summed E-state index contributed by atoms with van der Waals surface area (Å²) in [4.78, 5) is 11.8. The summed E-state index contributed by atoms with van der Waals surface area (Å²) in [5.74, 6) is -0.317. The summed E-state index contributed by atoms with van der Waals surface area (Å²) < 4.78 is 34.6. The van der Waals surface area contributed by atoms with Crippen molar-refractivity contribution >= 4 is 33.4 Å². The highest BCUT2D eigenvalue weighted by atomic mass is 35.5. The van der Waals surface area contributed by atoms with E-state index in [-0.39, 0.29) is 22.9 Å². The van der Waals surface area contributed by atoms with E-state index in [1.807, 2.05) is 0 Å². The van der Waals surface area contributed by atoms with Gasteiger partial charge < -0.3 is 4.74 Å². The molecule has 0 unspecified atom stereocenters. The number of hydrogen-bond donors (Lipinski definition) is 1. The van der Waals surface area contributed by atoms with Crippen LogP contribution in [0.4, 0.5) is 5.82 Å². The molecule has 7 nitrogen and oxygen atoms in total. The van der Waals surface area contributed by atoms with Crippen molar-refractivity contribution in [2.45, 2.75) is 18.7 Å².